The van der Waals surface area contributed by atoms with Crippen LogP contribution in [0, 0.1) is 17.8 Å². The number of aryl methyl sites for hydroxylation is 1. The molecule has 4 unspecified atom stereocenters. The molecule has 3 aromatic heterocycles. The summed E-state index contributed by atoms with van der Waals surface area (Å²) in [6.45, 7) is 1.07. The van der Waals surface area contributed by atoms with Crippen LogP contribution in [-0.2, 0) is 13.0 Å². The Morgan fingerprint density at radius 1 is 0.549 bits per heavy atom. The standard InChI is InChI=1S/C48H43N3/c1(2-12-33-28-32-21-22-34(33)29-32)11-27-49-43-25-23-35(50-45-17-7-3-13-37(45)38-14-4-8-18-46(38)50)30-41(43)42-31-36(24-26-44(42)49)51-47-19-9-5-15-39(47)40-16-6-10-20-48(40)51/h3-10,13-26,30,32-34,36H,1-2,11-12,27-29,31H2. The lowest BCUT2D eigenvalue weighted by atomic mass is 9.89. The number of fused-ring (bicyclic) bond motifs is 11. The molecule has 0 amide bonds. The molecule has 250 valence electrons. The topological polar surface area (TPSA) is 14.8 Å². The van der Waals surface area contributed by atoms with Gasteiger partial charge in [0.05, 0.1) is 17.1 Å². The molecule has 0 aliphatic heterocycles. The summed E-state index contributed by atoms with van der Waals surface area (Å²) in [5, 5.41) is 6.69. The van der Waals surface area contributed by atoms with Gasteiger partial charge in [-0.2, -0.15) is 0 Å². The van der Waals surface area contributed by atoms with E-state index in [0.29, 0.717) is 0 Å². The average molecular weight is 662 g/mol. The SMILES string of the molecule is C1=CC(n2c3ccccc3c3ccccc32)Cc2c1n(CCCCCC1CC3C=CC1C3)c1ccc(-n3c4ccccc4c4ccccc43)cc21. The van der Waals surface area contributed by atoms with E-state index in [4.69, 9.17) is 0 Å². The van der Waals surface area contributed by atoms with E-state index < -0.39 is 0 Å². The van der Waals surface area contributed by atoms with Crippen LogP contribution in [0.1, 0.15) is 55.8 Å². The van der Waals surface area contributed by atoms with Crippen molar-refractivity contribution >= 4 is 60.6 Å². The van der Waals surface area contributed by atoms with Crippen molar-refractivity contribution in [3.05, 3.63) is 145 Å². The first-order valence-corrected chi connectivity index (χ1v) is 19.3. The first-order valence-electron chi connectivity index (χ1n) is 19.3. The van der Waals surface area contributed by atoms with Crippen LogP contribution in [0.3, 0.4) is 0 Å². The minimum absolute atomic E-state index is 0.244. The molecular weight excluding hydrogens is 619 g/mol. The molecule has 8 aromatic rings. The van der Waals surface area contributed by atoms with Crippen LogP contribution >= 0.6 is 0 Å². The zero-order valence-corrected chi connectivity index (χ0v) is 29.1. The third-order valence-corrected chi connectivity index (χ3v) is 12.7. The first-order chi connectivity index (χ1) is 25.3. The largest absolute Gasteiger partial charge is 0.341 e. The molecule has 3 nitrogen and oxygen atoms in total. The minimum Gasteiger partial charge on any atom is -0.341 e. The molecule has 1 fully saturated rings. The van der Waals surface area contributed by atoms with Gasteiger partial charge in [-0.15, -0.1) is 0 Å². The normalized spacial score (nSPS) is 20.9. The number of rotatable bonds is 8. The van der Waals surface area contributed by atoms with Gasteiger partial charge in [0.1, 0.15) is 0 Å². The van der Waals surface area contributed by atoms with E-state index in [1.807, 2.05) is 0 Å². The highest BCUT2D eigenvalue weighted by molar-refractivity contribution is 6.10. The Balaban J connectivity index is 1.00. The van der Waals surface area contributed by atoms with Gasteiger partial charge in [0, 0.05) is 61.4 Å². The molecule has 0 spiro atoms. The number of allylic oxidation sites excluding steroid dienone is 3. The van der Waals surface area contributed by atoms with Crippen LogP contribution in [0.25, 0.3) is 66.3 Å². The smallest absolute Gasteiger partial charge is 0.0567 e. The maximum Gasteiger partial charge on any atom is 0.0567 e. The van der Waals surface area contributed by atoms with Crippen molar-refractivity contribution in [1.29, 1.82) is 0 Å². The molecule has 4 atom stereocenters. The second-order valence-electron chi connectivity index (χ2n) is 15.5. The summed E-state index contributed by atoms with van der Waals surface area (Å²) in [6, 6.07) is 43.1. The fraction of sp³-hybridized carbons (Fsp3) is 0.250. The molecule has 2 bridgehead atoms. The minimum atomic E-state index is 0.244. The van der Waals surface area contributed by atoms with Gasteiger partial charge >= 0.3 is 0 Å². The van der Waals surface area contributed by atoms with Crippen molar-refractivity contribution in [3.8, 4) is 5.69 Å². The van der Waals surface area contributed by atoms with Gasteiger partial charge < -0.3 is 13.7 Å². The van der Waals surface area contributed by atoms with E-state index in [2.05, 4.69) is 153 Å². The fourth-order valence-electron chi connectivity index (χ4n) is 10.5. The Hall–Kier alpha value is -5.28. The van der Waals surface area contributed by atoms with E-state index in [0.717, 1.165) is 30.7 Å². The summed E-state index contributed by atoms with van der Waals surface area (Å²) in [7, 11) is 0. The van der Waals surface area contributed by atoms with Crippen LogP contribution in [-0.4, -0.2) is 13.7 Å². The van der Waals surface area contributed by atoms with Crippen molar-refractivity contribution in [2.45, 2.75) is 57.5 Å². The molecule has 0 radical (unpaired) electrons. The van der Waals surface area contributed by atoms with Crippen LogP contribution < -0.4 is 0 Å². The van der Waals surface area contributed by atoms with Crippen molar-refractivity contribution < 1.29 is 0 Å². The van der Waals surface area contributed by atoms with Crippen LogP contribution in [0.5, 0.6) is 0 Å². The second-order valence-corrected chi connectivity index (χ2v) is 15.5. The molecule has 3 heterocycles. The quantitative estimate of drug-likeness (QED) is 0.114. The highest BCUT2D eigenvalue weighted by Gasteiger charge is 2.34. The predicted molar refractivity (Wildman–Crippen MR) is 215 cm³/mol. The first kappa shape index (κ1) is 29.5. The second kappa shape index (κ2) is 11.6. The number of hydrogen-bond donors (Lipinski definition) is 0. The summed E-state index contributed by atoms with van der Waals surface area (Å²) in [6.07, 6.45) is 19.1. The van der Waals surface area contributed by atoms with E-state index in [-0.39, 0.29) is 6.04 Å². The number of benzene rings is 5. The van der Waals surface area contributed by atoms with Gasteiger partial charge in [-0.3, -0.25) is 0 Å². The monoisotopic (exact) mass is 661 g/mol. The Morgan fingerprint density at radius 2 is 1.20 bits per heavy atom. The Labute approximate surface area is 299 Å². The van der Waals surface area contributed by atoms with Gasteiger partial charge in [-0.05, 0) is 104 Å². The van der Waals surface area contributed by atoms with E-state index in [1.54, 1.807) is 0 Å². The average Bonchev–Trinajstić information content (AvgIpc) is 4.00. The molecular formula is C48H43N3. The number of nitrogens with zero attached hydrogens (tertiary/aromatic N) is 3. The summed E-state index contributed by atoms with van der Waals surface area (Å²) in [5.41, 5.74) is 10.7. The lowest BCUT2D eigenvalue weighted by molar-refractivity contribution is 0.393. The summed E-state index contributed by atoms with van der Waals surface area (Å²) in [4.78, 5) is 0. The van der Waals surface area contributed by atoms with Gasteiger partial charge in [-0.1, -0.05) is 104 Å². The highest BCUT2D eigenvalue weighted by atomic mass is 15.0. The third kappa shape index (κ3) is 4.56. The molecule has 5 aromatic carbocycles. The molecule has 3 heteroatoms. The van der Waals surface area contributed by atoms with Crippen LogP contribution in [0.4, 0.5) is 0 Å². The van der Waals surface area contributed by atoms with Crippen molar-refractivity contribution in [3.63, 3.8) is 0 Å². The van der Waals surface area contributed by atoms with Gasteiger partial charge in [0.15, 0.2) is 0 Å². The zero-order chi connectivity index (χ0) is 33.5. The number of hydrogen-bond acceptors (Lipinski definition) is 0. The van der Waals surface area contributed by atoms with Crippen LogP contribution in [0.2, 0.25) is 0 Å². The maximum atomic E-state index is 2.65. The summed E-state index contributed by atoms with van der Waals surface area (Å²) < 4.78 is 7.72. The van der Waals surface area contributed by atoms with E-state index >= 15 is 0 Å². The molecule has 51 heavy (non-hydrogen) atoms. The summed E-state index contributed by atoms with van der Waals surface area (Å²) >= 11 is 0. The molecule has 11 rings (SSSR count). The van der Waals surface area contributed by atoms with Crippen molar-refractivity contribution in [1.82, 2.24) is 13.7 Å². The number of aromatic nitrogens is 3. The fourth-order valence-corrected chi connectivity index (χ4v) is 10.5. The lowest BCUT2D eigenvalue weighted by Crippen LogP contribution is -2.14. The predicted octanol–water partition coefficient (Wildman–Crippen LogP) is 12.4. The number of unbranched alkanes of at least 4 members (excludes halogenated alkanes) is 2. The molecule has 0 N–H and O–H groups in total. The van der Waals surface area contributed by atoms with Crippen LogP contribution in [0.15, 0.2) is 133 Å². The maximum absolute atomic E-state index is 2.65. The Morgan fingerprint density at radius 3 is 1.84 bits per heavy atom. The van der Waals surface area contributed by atoms with Gasteiger partial charge in [-0.25, -0.2) is 0 Å². The van der Waals surface area contributed by atoms with Crippen molar-refractivity contribution in [2.24, 2.45) is 17.8 Å². The molecule has 3 aliphatic carbocycles. The molecule has 3 aliphatic rings. The zero-order valence-electron chi connectivity index (χ0n) is 29.1. The van der Waals surface area contributed by atoms with Gasteiger partial charge in [0.25, 0.3) is 0 Å². The lowest BCUT2D eigenvalue weighted by Gasteiger charge is -2.23. The molecule has 0 saturated heterocycles. The Kier molecular flexibility index (Phi) is 6.72. The summed E-state index contributed by atoms with van der Waals surface area (Å²) in [5.74, 6) is 2.68. The highest BCUT2D eigenvalue weighted by Crippen LogP contribution is 2.46. The van der Waals surface area contributed by atoms with Crippen molar-refractivity contribution in [2.75, 3.05) is 0 Å². The van der Waals surface area contributed by atoms with Gasteiger partial charge in [0.2, 0.25) is 0 Å². The Bertz CT molecular complexity index is 2590. The molecule has 1 saturated carbocycles. The van der Waals surface area contributed by atoms with E-state index in [9.17, 15) is 0 Å². The third-order valence-electron chi connectivity index (χ3n) is 12.7. The van der Waals surface area contributed by atoms with E-state index in [1.165, 1.54) is 110 Å². The number of para-hydroxylation sites is 4.